The summed E-state index contributed by atoms with van der Waals surface area (Å²) in [5, 5.41) is 3.44. The number of rotatable bonds is 7. The number of carbonyl (C=O) groups excluding carboxylic acids is 1. The number of morpholine rings is 1. The van der Waals surface area contributed by atoms with Crippen molar-refractivity contribution >= 4 is 17.5 Å². The van der Waals surface area contributed by atoms with Crippen molar-refractivity contribution in [2.45, 2.75) is 0 Å². The standard InChI is InChI=1S/C16H21ClN2O3/c1-2-9-22-15-12-13(17)3-4-14(15)16(20)18-5-6-19-7-10-21-11-8-19/h2-4,12H,1,5-11H2,(H,18,20). The van der Waals surface area contributed by atoms with Gasteiger partial charge in [-0.05, 0) is 18.2 Å². The third-order valence-corrected chi connectivity index (χ3v) is 3.60. The molecule has 1 N–H and O–H groups in total. The first-order valence-electron chi connectivity index (χ1n) is 7.32. The predicted molar refractivity (Wildman–Crippen MR) is 86.7 cm³/mol. The maximum atomic E-state index is 12.3. The molecule has 1 fully saturated rings. The van der Waals surface area contributed by atoms with Gasteiger partial charge in [-0.25, -0.2) is 0 Å². The van der Waals surface area contributed by atoms with Crippen molar-refractivity contribution < 1.29 is 14.3 Å². The van der Waals surface area contributed by atoms with Crippen LogP contribution in [-0.2, 0) is 4.74 Å². The minimum absolute atomic E-state index is 0.163. The van der Waals surface area contributed by atoms with Crippen LogP contribution >= 0.6 is 11.6 Å². The van der Waals surface area contributed by atoms with E-state index in [1.807, 2.05) is 0 Å². The Balaban J connectivity index is 1.89. The van der Waals surface area contributed by atoms with Crippen LogP contribution in [0.5, 0.6) is 5.75 Å². The molecular weight excluding hydrogens is 304 g/mol. The van der Waals surface area contributed by atoms with Crippen LogP contribution in [0.1, 0.15) is 10.4 Å². The molecule has 2 rings (SSSR count). The van der Waals surface area contributed by atoms with Crippen LogP contribution in [0.4, 0.5) is 0 Å². The molecule has 0 spiro atoms. The Morgan fingerprint density at radius 1 is 1.45 bits per heavy atom. The van der Waals surface area contributed by atoms with Crippen molar-refractivity contribution in [3.63, 3.8) is 0 Å². The van der Waals surface area contributed by atoms with Crippen LogP contribution in [-0.4, -0.2) is 56.8 Å². The molecule has 0 radical (unpaired) electrons. The normalized spacial score (nSPS) is 15.3. The summed E-state index contributed by atoms with van der Waals surface area (Å²) in [6.07, 6.45) is 1.63. The van der Waals surface area contributed by atoms with Crippen LogP contribution in [0.25, 0.3) is 0 Å². The molecule has 5 nitrogen and oxygen atoms in total. The molecule has 22 heavy (non-hydrogen) atoms. The van der Waals surface area contributed by atoms with Crippen molar-refractivity contribution in [1.82, 2.24) is 10.2 Å². The van der Waals surface area contributed by atoms with E-state index in [-0.39, 0.29) is 5.91 Å². The number of carbonyl (C=O) groups is 1. The van der Waals surface area contributed by atoms with Crippen LogP contribution in [0, 0.1) is 0 Å². The second-order valence-corrected chi connectivity index (χ2v) is 5.39. The van der Waals surface area contributed by atoms with Crippen molar-refractivity contribution in [2.24, 2.45) is 0 Å². The lowest BCUT2D eigenvalue weighted by Crippen LogP contribution is -2.41. The summed E-state index contributed by atoms with van der Waals surface area (Å²) in [6, 6.07) is 4.99. The van der Waals surface area contributed by atoms with Crippen molar-refractivity contribution in [3.05, 3.63) is 41.4 Å². The van der Waals surface area contributed by atoms with E-state index in [1.165, 1.54) is 0 Å². The third kappa shape index (κ3) is 5.02. The van der Waals surface area contributed by atoms with Crippen LogP contribution in [0.2, 0.25) is 5.02 Å². The minimum Gasteiger partial charge on any atom is -0.489 e. The van der Waals surface area contributed by atoms with Gasteiger partial charge in [-0.3, -0.25) is 9.69 Å². The molecule has 120 valence electrons. The highest BCUT2D eigenvalue weighted by Crippen LogP contribution is 2.23. The number of hydrogen-bond donors (Lipinski definition) is 1. The first-order valence-corrected chi connectivity index (χ1v) is 7.70. The van der Waals surface area contributed by atoms with E-state index in [0.29, 0.717) is 29.5 Å². The Morgan fingerprint density at radius 3 is 2.95 bits per heavy atom. The largest absolute Gasteiger partial charge is 0.489 e. The van der Waals surface area contributed by atoms with Gasteiger partial charge in [0.2, 0.25) is 0 Å². The Hall–Kier alpha value is -1.56. The molecular formula is C16H21ClN2O3. The van der Waals surface area contributed by atoms with Crippen LogP contribution in [0.15, 0.2) is 30.9 Å². The fourth-order valence-electron chi connectivity index (χ4n) is 2.20. The van der Waals surface area contributed by atoms with Gasteiger partial charge in [-0.15, -0.1) is 0 Å². The van der Waals surface area contributed by atoms with E-state index >= 15 is 0 Å². The summed E-state index contributed by atoms with van der Waals surface area (Å²) < 4.78 is 10.8. The molecule has 1 saturated heterocycles. The maximum Gasteiger partial charge on any atom is 0.255 e. The molecule has 0 aliphatic carbocycles. The van der Waals surface area contributed by atoms with E-state index in [0.717, 1.165) is 32.8 Å². The number of ether oxygens (including phenoxy) is 2. The topological polar surface area (TPSA) is 50.8 Å². The molecule has 1 aromatic carbocycles. The summed E-state index contributed by atoms with van der Waals surface area (Å²) in [6.45, 7) is 8.65. The minimum atomic E-state index is -0.163. The summed E-state index contributed by atoms with van der Waals surface area (Å²) >= 11 is 5.95. The second-order valence-electron chi connectivity index (χ2n) is 4.95. The highest BCUT2D eigenvalue weighted by molar-refractivity contribution is 6.30. The first-order chi connectivity index (χ1) is 10.7. The molecule has 1 heterocycles. The molecule has 1 aliphatic heterocycles. The molecule has 1 aliphatic rings. The number of halogens is 1. The molecule has 0 saturated carbocycles. The zero-order valence-electron chi connectivity index (χ0n) is 12.5. The molecule has 0 unspecified atom stereocenters. The summed E-state index contributed by atoms with van der Waals surface area (Å²) in [5.74, 6) is 0.306. The van der Waals surface area contributed by atoms with Gasteiger partial charge in [-0.2, -0.15) is 0 Å². The average Bonchev–Trinajstić information content (AvgIpc) is 2.54. The quantitative estimate of drug-likeness (QED) is 0.779. The Kier molecular flexibility index (Phi) is 6.71. The number of nitrogens with one attached hydrogen (secondary N) is 1. The smallest absolute Gasteiger partial charge is 0.255 e. The van der Waals surface area contributed by atoms with Crippen molar-refractivity contribution in [1.29, 1.82) is 0 Å². The Bertz CT molecular complexity index is 516. The summed E-state index contributed by atoms with van der Waals surface area (Å²) in [5.41, 5.74) is 0.480. The average molecular weight is 325 g/mol. The number of amides is 1. The van der Waals surface area contributed by atoms with Gasteiger partial charge in [-0.1, -0.05) is 24.3 Å². The third-order valence-electron chi connectivity index (χ3n) is 3.36. The number of benzene rings is 1. The van der Waals surface area contributed by atoms with Gasteiger partial charge < -0.3 is 14.8 Å². The van der Waals surface area contributed by atoms with Gasteiger partial charge in [0.1, 0.15) is 12.4 Å². The van der Waals surface area contributed by atoms with Crippen molar-refractivity contribution in [3.8, 4) is 5.75 Å². The lowest BCUT2D eigenvalue weighted by atomic mass is 10.2. The van der Waals surface area contributed by atoms with Gasteiger partial charge in [0.15, 0.2) is 0 Å². The molecule has 1 amide bonds. The van der Waals surface area contributed by atoms with Gasteiger partial charge >= 0.3 is 0 Å². The van der Waals surface area contributed by atoms with Gasteiger partial charge in [0, 0.05) is 31.2 Å². The monoisotopic (exact) mass is 324 g/mol. The highest BCUT2D eigenvalue weighted by Gasteiger charge is 2.14. The van der Waals surface area contributed by atoms with Gasteiger partial charge in [0.05, 0.1) is 18.8 Å². The number of hydrogen-bond acceptors (Lipinski definition) is 4. The Labute approximate surface area is 135 Å². The van der Waals surface area contributed by atoms with E-state index < -0.39 is 0 Å². The molecule has 6 heteroatoms. The van der Waals surface area contributed by atoms with E-state index in [1.54, 1.807) is 24.3 Å². The Morgan fingerprint density at radius 2 is 2.23 bits per heavy atom. The molecule has 1 aromatic rings. The predicted octanol–water partition coefficient (Wildman–Crippen LogP) is 1.97. The zero-order chi connectivity index (χ0) is 15.8. The summed E-state index contributed by atoms with van der Waals surface area (Å²) in [4.78, 5) is 14.5. The molecule has 0 atom stereocenters. The van der Waals surface area contributed by atoms with Crippen LogP contribution < -0.4 is 10.1 Å². The van der Waals surface area contributed by atoms with E-state index in [2.05, 4.69) is 16.8 Å². The van der Waals surface area contributed by atoms with Crippen molar-refractivity contribution in [2.75, 3.05) is 46.0 Å². The highest BCUT2D eigenvalue weighted by atomic mass is 35.5. The van der Waals surface area contributed by atoms with Crippen LogP contribution in [0.3, 0.4) is 0 Å². The zero-order valence-corrected chi connectivity index (χ0v) is 13.3. The lowest BCUT2D eigenvalue weighted by molar-refractivity contribution is 0.0383. The van der Waals surface area contributed by atoms with Gasteiger partial charge in [0.25, 0.3) is 5.91 Å². The molecule has 0 bridgehead atoms. The number of nitrogens with zero attached hydrogens (tertiary/aromatic N) is 1. The summed E-state index contributed by atoms with van der Waals surface area (Å²) in [7, 11) is 0. The second kappa shape index (κ2) is 8.78. The van der Waals surface area contributed by atoms with E-state index in [9.17, 15) is 4.79 Å². The fraction of sp³-hybridized carbons (Fsp3) is 0.438. The molecule has 0 aromatic heterocycles. The SMILES string of the molecule is C=CCOc1cc(Cl)ccc1C(=O)NCCN1CCOCC1. The fourth-order valence-corrected chi connectivity index (χ4v) is 2.36. The maximum absolute atomic E-state index is 12.3. The van der Waals surface area contributed by atoms with E-state index in [4.69, 9.17) is 21.1 Å². The lowest BCUT2D eigenvalue weighted by Gasteiger charge is -2.26. The first kappa shape index (κ1) is 16.8.